The minimum Gasteiger partial charge on any atom is -0.342 e. The number of imidazole rings is 1. The Hall–Kier alpha value is -2.62. The number of carbonyl (C=O) groups is 1. The van der Waals surface area contributed by atoms with Crippen LogP contribution in [0.1, 0.15) is 35.6 Å². The fourth-order valence-electron chi connectivity index (χ4n) is 2.68. The van der Waals surface area contributed by atoms with Gasteiger partial charge in [-0.25, -0.2) is 4.98 Å². The Balaban J connectivity index is 1.85. The fraction of sp³-hybridized carbons (Fsp3) is 0.263. The van der Waals surface area contributed by atoms with Crippen LogP contribution in [0.25, 0.3) is 11.0 Å². The summed E-state index contributed by atoms with van der Waals surface area (Å²) in [7, 11) is 0. The van der Waals surface area contributed by atoms with Crippen LogP contribution in [-0.2, 0) is 13.0 Å². The minimum atomic E-state index is 0.0471. The number of rotatable bonds is 5. The number of hydrogen-bond donors (Lipinski definition) is 1. The van der Waals surface area contributed by atoms with E-state index < -0.39 is 0 Å². The van der Waals surface area contributed by atoms with Crippen LogP contribution in [0.4, 0.5) is 0 Å². The number of hydrogen-bond acceptors (Lipinski definition) is 2. The lowest BCUT2D eigenvalue weighted by molar-refractivity contribution is 0.0752. The number of carbonyl (C=O) groups excluding carboxylic acids is 1. The van der Waals surface area contributed by atoms with Crippen molar-refractivity contribution in [2.45, 2.75) is 26.8 Å². The normalized spacial score (nSPS) is 10.9. The molecule has 4 nitrogen and oxygen atoms in total. The molecule has 0 bridgehead atoms. The first-order valence-corrected chi connectivity index (χ1v) is 8.03. The van der Waals surface area contributed by atoms with Gasteiger partial charge in [-0.1, -0.05) is 37.3 Å². The summed E-state index contributed by atoms with van der Waals surface area (Å²) in [6.07, 6.45) is 0.854. The molecule has 0 aliphatic rings. The minimum absolute atomic E-state index is 0.0471. The maximum atomic E-state index is 12.8. The Morgan fingerprint density at radius 1 is 1.13 bits per heavy atom. The SMILES string of the molecule is CCc1nc2ccc(C(=O)N(CC)Cc3ccccc3)cc2[nH]1. The van der Waals surface area contributed by atoms with Crippen molar-refractivity contribution in [1.82, 2.24) is 14.9 Å². The van der Waals surface area contributed by atoms with Crippen LogP contribution in [-0.4, -0.2) is 27.3 Å². The number of nitrogens with one attached hydrogen (secondary N) is 1. The second kappa shape index (κ2) is 6.65. The first-order valence-electron chi connectivity index (χ1n) is 8.03. The van der Waals surface area contributed by atoms with Crippen LogP contribution >= 0.6 is 0 Å². The van der Waals surface area contributed by atoms with Crippen molar-refractivity contribution in [1.29, 1.82) is 0 Å². The van der Waals surface area contributed by atoms with E-state index in [1.807, 2.05) is 60.4 Å². The summed E-state index contributed by atoms with van der Waals surface area (Å²) >= 11 is 0. The molecule has 0 spiro atoms. The van der Waals surface area contributed by atoms with Gasteiger partial charge in [-0.3, -0.25) is 4.79 Å². The molecular formula is C19H21N3O. The number of H-pyrrole nitrogens is 1. The van der Waals surface area contributed by atoms with Gasteiger partial charge in [0.05, 0.1) is 11.0 Å². The number of aryl methyl sites for hydroxylation is 1. The largest absolute Gasteiger partial charge is 0.342 e. The quantitative estimate of drug-likeness (QED) is 0.779. The monoisotopic (exact) mass is 307 g/mol. The van der Waals surface area contributed by atoms with Crippen molar-refractivity contribution in [2.75, 3.05) is 6.54 Å². The molecule has 0 atom stereocenters. The number of amides is 1. The van der Waals surface area contributed by atoms with Crippen LogP contribution in [0.3, 0.4) is 0 Å². The zero-order chi connectivity index (χ0) is 16.2. The van der Waals surface area contributed by atoms with Gasteiger partial charge in [0.25, 0.3) is 5.91 Å². The summed E-state index contributed by atoms with van der Waals surface area (Å²) in [5.41, 5.74) is 3.66. The van der Waals surface area contributed by atoms with Crippen molar-refractivity contribution in [3.05, 3.63) is 65.5 Å². The zero-order valence-corrected chi connectivity index (χ0v) is 13.5. The third-order valence-corrected chi connectivity index (χ3v) is 4.00. The highest BCUT2D eigenvalue weighted by Gasteiger charge is 2.15. The number of aromatic nitrogens is 2. The van der Waals surface area contributed by atoms with Gasteiger partial charge in [0.15, 0.2) is 0 Å². The highest BCUT2D eigenvalue weighted by molar-refractivity contribution is 5.97. The fourth-order valence-corrected chi connectivity index (χ4v) is 2.68. The second-order valence-corrected chi connectivity index (χ2v) is 5.57. The summed E-state index contributed by atoms with van der Waals surface area (Å²) in [6, 6.07) is 15.7. The number of fused-ring (bicyclic) bond motifs is 1. The third kappa shape index (κ3) is 3.26. The average molecular weight is 307 g/mol. The zero-order valence-electron chi connectivity index (χ0n) is 13.5. The highest BCUT2D eigenvalue weighted by atomic mass is 16.2. The van der Waals surface area contributed by atoms with Crippen LogP contribution in [0.2, 0.25) is 0 Å². The van der Waals surface area contributed by atoms with Crippen molar-refractivity contribution in [2.24, 2.45) is 0 Å². The highest BCUT2D eigenvalue weighted by Crippen LogP contribution is 2.17. The lowest BCUT2D eigenvalue weighted by Gasteiger charge is -2.21. The standard InChI is InChI=1S/C19H21N3O/c1-3-18-20-16-11-10-15(12-17(16)21-18)19(23)22(4-2)13-14-8-6-5-7-9-14/h5-12H,3-4,13H2,1-2H3,(H,20,21). The van der Waals surface area contributed by atoms with E-state index in [1.54, 1.807) is 0 Å². The first-order chi connectivity index (χ1) is 11.2. The van der Waals surface area contributed by atoms with Crippen molar-refractivity contribution >= 4 is 16.9 Å². The van der Waals surface area contributed by atoms with Gasteiger partial charge >= 0.3 is 0 Å². The predicted molar refractivity (Wildman–Crippen MR) is 92.3 cm³/mol. The predicted octanol–water partition coefficient (Wildman–Crippen LogP) is 3.79. The van der Waals surface area contributed by atoms with Crippen molar-refractivity contribution in [3.63, 3.8) is 0 Å². The number of nitrogens with zero attached hydrogens (tertiary/aromatic N) is 2. The summed E-state index contributed by atoms with van der Waals surface area (Å²) < 4.78 is 0. The molecule has 2 aromatic carbocycles. The number of benzene rings is 2. The number of aromatic amines is 1. The Kier molecular flexibility index (Phi) is 4.42. The maximum absolute atomic E-state index is 12.8. The maximum Gasteiger partial charge on any atom is 0.254 e. The third-order valence-electron chi connectivity index (χ3n) is 4.00. The van der Waals surface area contributed by atoms with E-state index in [0.717, 1.165) is 28.8 Å². The molecule has 1 aromatic heterocycles. The molecule has 0 radical (unpaired) electrons. The summed E-state index contributed by atoms with van der Waals surface area (Å²) in [4.78, 5) is 22.4. The molecule has 1 heterocycles. The summed E-state index contributed by atoms with van der Waals surface area (Å²) in [5.74, 6) is 0.993. The Bertz CT molecular complexity index is 808. The molecule has 0 fully saturated rings. The molecule has 118 valence electrons. The molecule has 0 aliphatic heterocycles. The van der Waals surface area contributed by atoms with E-state index in [4.69, 9.17) is 0 Å². The molecule has 0 unspecified atom stereocenters. The molecule has 3 rings (SSSR count). The van der Waals surface area contributed by atoms with Gasteiger partial charge < -0.3 is 9.88 Å². The smallest absolute Gasteiger partial charge is 0.254 e. The average Bonchev–Trinajstić information content (AvgIpc) is 3.02. The van der Waals surface area contributed by atoms with Crippen LogP contribution in [0.15, 0.2) is 48.5 Å². The molecule has 0 saturated heterocycles. The molecule has 0 aliphatic carbocycles. The van der Waals surface area contributed by atoms with Gasteiger partial charge in [0.2, 0.25) is 0 Å². The van der Waals surface area contributed by atoms with E-state index >= 15 is 0 Å². The van der Waals surface area contributed by atoms with Crippen LogP contribution in [0.5, 0.6) is 0 Å². The Morgan fingerprint density at radius 2 is 1.91 bits per heavy atom. The Labute approximate surface area is 136 Å². The molecule has 1 N–H and O–H groups in total. The molecule has 0 saturated carbocycles. The van der Waals surface area contributed by atoms with Gasteiger partial charge in [0.1, 0.15) is 5.82 Å². The second-order valence-electron chi connectivity index (χ2n) is 5.57. The lowest BCUT2D eigenvalue weighted by Crippen LogP contribution is -2.30. The molecule has 1 amide bonds. The van der Waals surface area contributed by atoms with Crippen LogP contribution in [0, 0.1) is 0 Å². The van der Waals surface area contributed by atoms with E-state index in [9.17, 15) is 4.79 Å². The molecule has 4 heteroatoms. The molecule has 23 heavy (non-hydrogen) atoms. The Morgan fingerprint density at radius 3 is 2.61 bits per heavy atom. The van der Waals surface area contributed by atoms with Crippen LogP contribution < -0.4 is 0 Å². The van der Waals surface area contributed by atoms with Crippen molar-refractivity contribution in [3.8, 4) is 0 Å². The summed E-state index contributed by atoms with van der Waals surface area (Å²) in [5, 5.41) is 0. The molecule has 3 aromatic rings. The first kappa shape index (κ1) is 15.3. The van der Waals surface area contributed by atoms with E-state index in [2.05, 4.69) is 16.9 Å². The van der Waals surface area contributed by atoms with E-state index in [1.165, 1.54) is 0 Å². The lowest BCUT2D eigenvalue weighted by atomic mass is 10.1. The van der Waals surface area contributed by atoms with E-state index in [0.29, 0.717) is 18.7 Å². The van der Waals surface area contributed by atoms with Gasteiger partial charge in [-0.05, 0) is 30.7 Å². The van der Waals surface area contributed by atoms with Gasteiger partial charge in [0, 0.05) is 25.1 Å². The molecular weight excluding hydrogens is 286 g/mol. The topological polar surface area (TPSA) is 49.0 Å². The van der Waals surface area contributed by atoms with E-state index in [-0.39, 0.29) is 5.91 Å². The van der Waals surface area contributed by atoms with Gasteiger partial charge in [-0.2, -0.15) is 0 Å². The summed E-state index contributed by atoms with van der Waals surface area (Å²) in [6.45, 7) is 5.36. The van der Waals surface area contributed by atoms with Crippen molar-refractivity contribution < 1.29 is 4.79 Å². The van der Waals surface area contributed by atoms with Gasteiger partial charge in [-0.15, -0.1) is 0 Å².